The fourth-order valence-corrected chi connectivity index (χ4v) is 0.832. The number of hydrogen-bond donors (Lipinski definition) is 1. The van der Waals surface area contributed by atoms with Gasteiger partial charge in [0.25, 0.3) is 0 Å². The number of hydrogen-bond acceptors (Lipinski definition) is 3. The van der Waals surface area contributed by atoms with Gasteiger partial charge >= 0.3 is 0 Å². The normalized spacial score (nSPS) is 25.3. The Kier molecular flexibility index (Phi) is 1.67. The monoisotopic (exact) mass is 138 g/mol. The van der Waals surface area contributed by atoms with E-state index in [4.69, 9.17) is 5.26 Å². The van der Waals surface area contributed by atoms with Crippen LogP contribution in [0.4, 0.5) is 0 Å². The van der Waals surface area contributed by atoms with Gasteiger partial charge in [0.2, 0.25) is 5.91 Å². The molecule has 1 unspecified atom stereocenters. The molecule has 0 aromatic carbocycles. The lowest BCUT2D eigenvalue weighted by Gasteiger charge is -2.13. The van der Waals surface area contributed by atoms with Crippen LogP contribution < -0.4 is 5.32 Å². The van der Waals surface area contributed by atoms with E-state index in [1.165, 1.54) is 0 Å². The minimum absolute atomic E-state index is 0.272. The number of nitriles is 1. The number of amides is 1. The van der Waals surface area contributed by atoms with Crippen LogP contribution in [0, 0.1) is 17.2 Å². The van der Waals surface area contributed by atoms with Gasteiger partial charge in [-0.05, 0) is 0 Å². The zero-order valence-electron chi connectivity index (χ0n) is 5.26. The smallest absolute Gasteiger partial charge is 0.245 e. The summed E-state index contributed by atoms with van der Waals surface area (Å²) in [5.74, 6) is -1.79. The number of piperidine rings is 1. The van der Waals surface area contributed by atoms with E-state index in [0.29, 0.717) is 6.54 Å². The molecule has 0 aromatic heterocycles. The first-order valence-corrected chi connectivity index (χ1v) is 2.95. The summed E-state index contributed by atoms with van der Waals surface area (Å²) in [6, 6.07) is 1.64. The average Bonchev–Trinajstić information content (AvgIpc) is 1.88. The van der Waals surface area contributed by atoms with Crippen LogP contribution in [0.5, 0.6) is 0 Å². The Morgan fingerprint density at radius 2 is 2.30 bits per heavy atom. The lowest BCUT2D eigenvalue weighted by Crippen LogP contribution is -2.41. The van der Waals surface area contributed by atoms with Gasteiger partial charge in [-0.25, -0.2) is 0 Å². The van der Waals surface area contributed by atoms with E-state index in [1.54, 1.807) is 6.07 Å². The summed E-state index contributed by atoms with van der Waals surface area (Å²) in [7, 11) is 0. The summed E-state index contributed by atoms with van der Waals surface area (Å²) in [6.07, 6.45) is 0.282. The van der Waals surface area contributed by atoms with Crippen molar-refractivity contribution in [3.63, 3.8) is 0 Å². The molecule has 0 aromatic rings. The molecule has 0 bridgehead atoms. The van der Waals surface area contributed by atoms with Crippen LogP contribution in [-0.4, -0.2) is 18.2 Å². The van der Waals surface area contributed by atoms with Crippen molar-refractivity contribution in [1.82, 2.24) is 5.32 Å². The summed E-state index contributed by atoms with van der Waals surface area (Å²) in [5, 5.41) is 10.7. The standard InChI is InChI=1S/C6H6N2O2/c7-3-4-5(9)1-2-8-6(4)10/h4H,1-2H2,(H,8,10). The fraction of sp³-hybridized carbons (Fsp3) is 0.500. The molecule has 1 heterocycles. The minimum atomic E-state index is -1.06. The first-order valence-electron chi connectivity index (χ1n) is 2.95. The van der Waals surface area contributed by atoms with Crippen molar-refractivity contribution < 1.29 is 9.59 Å². The molecule has 1 atom stereocenters. The highest BCUT2D eigenvalue weighted by Crippen LogP contribution is 2.04. The molecule has 0 aliphatic carbocycles. The Balaban J connectivity index is 2.74. The number of ketones is 1. The maximum absolute atomic E-state index is 10.8. The second kappa shape index (κ2) is 2.48. The molecule has 10 heavy (non-hydrogen) atoms. The third-order valence-corrected chi connectivity index (χ3v) is 1.38. The molecular formula is C6H6N2O2. The SMILES string of the molecule is N#CC1C(=O)CCNC1=O. The topological polar surface area (TPSA) is 70.0 Å². The Bertz CT molecular complexity index is 200. The van der Waals surface area contributed by atoms with Crippen molar-refractivity contribution in [1.29, 1.82) is 5.26 Å². The second-order valence-electron chi connectivity index (χ2n) is 2.07. The number of carbonyl (C=O) groups excluding carboxylic acids is 2. The van der Waals surface area contributed by atoms with E-state index >= 15 is 0 Å². The van der Waals surface area contributed by atoms with Gasteiger partial charge in [-0.3, -0.25) is 9.59 Å². The van der Waals surface area contributed by atoms with Crippen LogP contribution in [-0.2, 0) is 9.59 Å². The van der Waals surface area contributed by atoms with E-state index in [1.807, 2.05) is 0 Å². The predicted molar refractivity (Wildman–Crippen MR) is 31.7 cm³/mol. The summed E-state index contributed by atoms with van der Waals surface area (Å²) in [6.45, 7) is 0.371. The molecule has 1 amide bonds. The highest BCUT2D eigenvalue weighted by Gasteiger charge is 2.29. The number of carbonyl (C=O) groups is 2. The van der Waals surface area contributed by atoms with Gasteiger partial charge in [-0.15, -0.1) is 0 Å². The van der Waals surface area contributed by atoms with Crippen molar-refractivity contribution in [3.8, 4) is 6.07 Å². The molecule has 0 radical (unpaired) electrons. The van der Waals surface area contributed by atoms with Crippen molar-refractivity contribution in [2.24, 2.45) is 5.92 Å². The molecule has 4 nitrogen and oxygen atoms in total. The Labute approximate surface area is 57.8 Å². The third kappa shape index (κ3) is 0.982. The maximum atomic E-state index is 10.8. The molecule has 52 valence electrons. The van der Waals surface area contributed by atoms with Crippen LogP contribution in [0.3, 0.4) is 0 Å². The van der Waals surface area contributed by atoms with Gasteiger partial charge in [-0.2, -0.15) is 5.26 Å². The van der Waals surface area contributed by atoms with Crippen molar-refractivity contribution in [3.05, 3.63) is 0 Å². The minimum Gasteiger partial charge on any atom is -0.354 e. The molecule has 0 spiro atoms. The average molecular weight is 138 g/mol. The number of Topliss-reactive ketones (excluding diaryl/α,β-unsaturated/α-hetero) is 1. The molecule has 1 saturated heterocycles. The van der Waals surface area contributed by atoms with Crippen molar-refractivity contribution in [2.45, 2.75) is 6.42 Å². The molecule has 1 fully saturated rings. The van der Waals surface area contributed by atoms with E-state index in [2.05, 4.69) is 5.32 Å². The second-order valence-corrected chi connectivity index (χ2v) is 2.07. The highest BCUT2D eigenvalue weighted by atomic mass is 16.2. The summed E-state index contributed by atoms with van der Waals surface area (Å²) < 4.78 is 0. The molecule has 0 saturated carbocycles. The van der Waals surface area contributed by atoms with E-state index in [9.17, 15) is 9.59 Å². The Morgan fingerprint density at radius 1 is 1.60 bits per heavy atom. The van der Waals surface area contributed by atoms with E-state index in [0.717, 1.165) is 0 Å². The number of rotatable bonds is 0. The lowest BCUT2D eigenvalue weighted by atomic mass is 9.99. The Morgan fingerprint density at radius 3 is 2.70 bits per heavy atom. The van der Waals surface area contributed by atoms with Crippen LogP contribution in [0.25, 0.3) is 0 Å². The molecular weight excluding hydrogens is 132 g/mol. The number of nitrogens with one attached hydrogen (secondary N) is 1. The van der Waals surface area contributed by atoms with Crippen LogP contribution >= 0.6 is 0 Å². The van der Waals surface area contributed by atoms with Crippen LogP contribution in [0.1, 0.15) is 6.42 Å². The third-order valence-electron chi connectivity index (χ3n) is 1.38. The van der Waals surface area contributed by atoms with Crippen molar-refractivity contribution in [2.75, 3.05) is 6.54 Å². The quantitative estimate of drug-likeness (QED) is 0.446. The number of nitrogens with zero attached hydrogens (tertiary/aromatic N) is 1. The largest absolute Gasteiger partial charge is 0.354 e. The van der Waals surface area contributed by atoms with Gasteiger partial charge in [0, 0.05) is 13.0 Å². The zero-order chi connectivity index (χ0) is 7.56. The van der Waals surface area contributed by atoms with Gasteiger partial charge in [0.1, 0.15) is 0 Å². The summed E-state index contributed by atoms with van der Waals surface area (Å²) in [5.41, 5.74) is 0. The first kappa shape index (κ1) is 6.75. The van der Waals surface area contributed by atoms with Crippen LogP contribution in [0.2, 0.25) is 0 Å². The van der Waals surface area contributed by atoms with Crippen molar-refractivity contribution >= 4 is 11.7 Å². The fourth-order valence-electron chi connectivity index (χ4n) is 0.832. The zero-order valence-corrected chi connectivity index (χ0v) is 5.26. The molecule has 4 heteroatoms. The van der Waals surface area contributed by atoms with Gasteiger partial charge in [0.05, 0.1) is 6.07 Å². The lowest BCUT2D eigenvalue weighted by molar-refractivity contribution is -0.134. The maximum Gasteiger partial charge on any atom is 0.245 e. The molecule has 1 aliphatic rings. The molecule has 1 aliphatic heterocycles. The van der Waals surface area contributed by atoms with Gasteiger partial charge < -0.3 is 5.32 Å². The van der Waals surface area contributed by atoms with Gasteiger partial charge in [-0.1, -0.05) is 0 Å². The summed E-state index contributed by atoms with van der Waals surface area (Å²) in [4.78, 5) is 21.4. The predicted octanol–water partition coefficient (Wildman–Crippen LogP) is -0.785. The molecule has 1 N–H and O–H groups in total. The molecule has 1 rings (SSSR count). The van der Waals surface area contributed by atoms with E-state index in [-0.39, 0.29) is 12.2 Å². The summed E-state index contributed by atoms with van der Waals surface area (Å²) >= 11 is 0. The Hall–Kier alpha value is -1.37. The van der Waals surface area contributed by atoms with Crippen LogP contribution in [0.15, 0.2) is 0 Å². The highest BCUT2D eigenvalue weighted by molar-refractivity contribution is 6.05. The first-order chi connectivity index (χ1) is 4.75. The van der Waals surface area contributed by atoms with Gasteiger partial charge in [0.15, 0.2) is 11.7 Å². The van der Waals surface area contributed by atoms with E-state index < -0.39 is 11.8 Å².